The van der Waals surface area contributed by atoms with E-state index in [1.165, 1.54) is 18.6 Å². The van der Waals surface area contributed by atoms with E-state index in [1.54, 1.807) is 18.2 Å². The van der Waals surface area contributed by atoms with Crippen molar-refractivity contribution in [1.82, 2.24) is 9.97 Å². The lowest BCUT2D eigenvalue weighted by Gasteiger charge is -2.07. The van der Waals surface area contributed by atoms with Crippen molar-refractivity contribution in [2.45, 2.75) is 12.8 Å². The zero-order chi connectivity index (χ0) is 14.1. The van der Waals surface area contributed by atoms with Crippen LogP contribution in [0.3, 0.4) is 0 Å². The summed E-state index contributed by atoms with van der Waals surface area (Å²) < 4.78 is 0. The van der Waals surface area contributed by atoms with Crippen molar-refractivity contribution < 1.29 is 9.59 Å². The van der Waals surface area contributed by atoms with E-state index < -0.39 is 0 Å². The molecule has 1 aromatic heterocycles. The third-order valence-corrected chi connectivity index (χ3v) is 3.22. The quantitative estimate of drug-likeness (QED) is 0.869. The van der Waals surface area contributed by atoms with Crippen molar-refractivity contribution in [1.29, 1.82) is 0 Å². The Morgan fingerprint density at radius 1 is 1.35 bits per heavy atom. The maximum atomic E-state index is 12.0. The van der Waals surface area contributed by atoms with Gasteiger partial charge in [0.05, 0.1) is 12.1 Å². The Labute approximate surface area is 115 Å². The molecule has 2 heterocycles. The van der Waals surface area contributed by atoms with E-state index in [4.69, 9.17) is 0 Å². The van der Waals surface area contributed by atoms with Crippen LogP contribution in [-0.2, 0) is 4.79 Å². The zero-order valence-corrected chi connectivity index (χ0v) is 10.8. The molecule has 0 fully saturated rings. The molecular weight excluding hydrogens is 256 g/mol. The summed E-state index contributed by atoms with van der Waals surface area (Å²) in [6.07, 6.45) is 4.36. The van der Waals surface area contributed by atoms with Crippen LogP contribution in [0.15, 0.2) is 36.8 Å². The van der Waals surface area contributed by atoms with Crippen molar-refractivity contribution in [3.05, 3.63) is 48.0 Å². The minimum absolute atomic E-state index is 0.0302. The SMILES string of the molecule is CC1C(=O)Nc2ccc(NC(=O)c3cnccn3)cc21. The number of hydrogen-bond donors (Lipinski definition) is 2. The second-order valence-electron chi connectivity index (χ2n) is 4.56. The third-order valence-electron chi connectivity index (χ3n) is 3.22. The average molecular weight is 268 g/mol. The van der Waals surface area contributed by atoms with Gasteiger partial charge in [0.2, 0.25) is 5.91 Å². The van der Waals surface area contributed by atoms with Crippen LogP contribution < -0.4 is 10.6 Å². The third kappa shape index (κ3) is 2.11. The largest absolute Gasteiger partial charge is 0.325 e. The molecular formula is C14H12N4O2. The first kappa shape index (κ1) is 12.3. The number of amides is 2. The standard InChI is InChI=1S/C14H12N4O2/c1-8-10-6-9(2-3-11(10)18-13(8)19)17-14(20)12-7-15-4-5-16-12/h2-8H,1H3,(H,17,20)(H,18,19). The molecule has 1 atom stereocenters. The summed E-state index contributed by atoms with van der Waals surface area (Å²) in [6.45, 7) is 1.83. The normalized spacial score (nSPS) is 16.4. The molecule has 1 unspecified atom stereocenters. The van der Waals surface area contributed by atoms with Crippen LogP contribution in [0, 0.1) is 0 Å². The average Bonchev–Trinajstić information content (AvgIpc) is 2.75. The topological polar surface area (TPSA) is 84.0 Å². The van der Waals surface area contributed by atoms with Crippen LogP contribution >= 0.6 is 0 Å². The molecule has 0 aliphatic carbocycles. The molecule has 0 spiro atoms. The highest BCUT2D eigenvalue weighted by Crippen LogP contribution is 2.34. The number of aromatic nitrogens is 2. The maximum absolute atomic E-state index is 12.0. The van der Waals surface area contributed by atoms with Gasteiger partial charge in [0.1, 0.15) is 5.69 Å². The number of nitrogens with zero attached hydrogens (tertiary/aromatic N) is 2. The molecule has 2 N–H and O–H groups in total. The summed E-state index contributed by atoms with van der Waals surface area (Å²) in [7, 11) is 0. The lowest BCUT2D eigenvalue weighted by Crippen LogP contribution is -2.13. The van der Waals surface area contributed by atoms with Crippen molar-refractivity contribution >= 4 is 23.2 Å². The van der Waals surface area contributed by atoms with Crippen molar-refractivity contribution in [3.63, 3.8) is 0 Å². The number of benzene rings is 1. The summed E-state index contributed by atoms with van der Waals surface area (Å²) in [5, 5.41) is 5.53. The minimum Gasteiger partial charge on any atom is -0.325 e. The molecule has 100 valence electrons. The number of nitrogens with one attached hydrogen (secondary N) is 2. The molecule has 0 bridgehead atoms. The van der Waals surface area contributed by atoms with Crippen LogP contribution in [-0.4, -0.2) is 21.8 Å². The molecule has 1 aliphatic heterocycles. The highest BCUT2D eigenvalue weighted by molar-refractivity contribution is 6.05. The van der Waals surface area contributed by atoms with Crippen LogP contribution in [0.5, 0.6) is 0 Å². The van der Waals surface area contributed by atoms with E-state index in [9.17, 15) is 9.59 Å². The van der Waals surface area contributed by atoms with Crippen molar-refractivity contribution in [3.8, 4) is 0 Å². The molecule has 6 heteroatoms. The summed E-state index contributed by atoms with van der Waals surface area (Å²) >= 11 is 0. The molecule has 0 saturated heterocycles. The lowest BCUT2D eigenvalue weighted by molar-refractivity contribution is -0.116. The fourth-order valence-corrected chi connectivity index (χ4v) is 2.11. The van der Waals surface area contributed by atoms with Crippen molar-refractivity contribution in [2.24, 2.45) is 0 Å². The van der Waals surface area contributed by atoms with E-state index in [-0.39, 0.29) is 23.4 Å². The Bertz CT molecular complexity index is 685. The Morgan fingerprint density at radius 2 is 2.20 bits per heavy atom. The van der Waals surface area contributed by atoms with Gasteiger partial charge in [-0.3, -0.25) is 14.6 Å². The second-order valence-corrected chi connectivity index (χ2v) is 4.56. The Kier molecular flexibility index (Phi) is 2.90. The second kappa shape index (κ2) is 4.73. The van der Waals surface area contributed by atoms with E-state index in [0.29, 0.717) is 5.69 Å². The van der Waals surface area contributed by atoms with Gasteiger partial charge in [-0.1, -0.05) is 0 Å². The van der Waals surface area contributed by atoms with Gasteiger partial charge < -0.3 is 10.6 Å². The van der Waals surface area contributed by atoms with E-state index in [2.05, 4.69) is 20.6 Å². The van der Waals surface area contributed by atoms with E-state index in [1.807, 2.05) is 6.92 Å². The molecule has 0 radical (unpaired) electrons. The first-order valence-corrected chi connectivity index (χ1v) is 6.17. The molecule has 2 amide bonds. The van der Waals surface area contributed by atoms with Crippen LogP contribution in [0.25, 0.3) is 0 Å². The van der Waals surface area contributed by atoms with E-state index >= 15 is 0 Å². The number of rotatable bonds is 2. The van der Waals surface area contributed by atoms with Gasteiger partial charge in [-0.25, -0.2) is 4.98 Å². The van der Waals surface area contributed by atoms with Gasteiger partial charge in [-0.2, -0.15) is 0 Å². The fraction of sp³-hybridized carbons (Fsp3) is 0.143. The number of hydrogen-bond acceptors (Lipinski definition) is 4. The summed E-state index contributed by atoms with van der Waals surface area (Å²) in [5.74, 6) is -0.571. The first-order chi connectivity index (χ1) is 9.65. The monoisotopic (exact) mass is 268 g/mol. The van der Waals surface area contributed by atoms with Gasteiger partial charge in [0, 0.05) is 23.8 Å². The summed E-state index contributed by atoms with van der Waals surface area (Å²) in [5.41, 5.74) is 2.55. The lowest BCUT2D eigenvalue weighted by atomic mass is 10.0. The van der Waals surface area contributed by atoms with Gasteiger partial charge in [0.15, 0.2) is 0 Å². The fourth-order valence-electron chi connectivity index (χ4n) is 2.11. The van der Waals surface area contributed by atoms with Crippen LogP contribution in [0.1, 0.15) is 28.9 Å². The van der Waals surface area contributed by atoms with Gasteiger partial charge in [-0.05, 0) is 30.7 Å². The summed E-state index contributed by atoms with van der Waals surface area (Å²) in [4.78, 5) is 31.3. The molecule has 1 aliphatic rings. The number of anilines is 2. The molecule has 20 heavy (non-hydrogen) atoms. The van der Waals surface area contributed by atoms with Gasteiger partial charge >= 0.3 is 0 Å². The van der Waals surface area contributed by atoms with Gasteiger partial charge in [0.25, 0.3) is 5.91 Å². The number of carbonyl (C=O) groups is 2. The number of carbonyl (C=O) groups excluding carboxylic acids is 2. The van der Waals surface area contributed by atoms with Gasteiger partial charge in [-0.15, -0.1) is 0 Å². The molecule has 3 rings (SSSR count). The number of fused-ring (bicyclic) bond motifs is 1. The predicted molar refractivity (Wildman–Crippen MR) is 73.5 cm³/mol. The smallest absolute Gasteiger partial charge is 0.275 e. The Morgan fingerprint density at radius 3 is 2.95 bits per heavy atom. The highest BCUT2D eigenvalue weighted by atomic mass is 16.2. The first-order valence-electron chi connectivity index (χ1n) is 6.17. The van der Waals surface area contributed by atoms with E-state index in [0.717, 1.165) is 11.3 Å². The molecule has 0 saturated carbocycles. The molecule has 6 nitrogen and oxygen atoms in total. The predicted octanol–water partition coefficient (Wildman–Crippen LogP) is 1.78. The Balaban J connectivity index is 1.83. The van der Waals surface area contributed by atoms with Crippen LogP contribution in [0.4, 0.5) is 11.4 Å². The maximum Gasteiger partial charge on any atom is 0.275 e. The zero-order valence-electron chi connectivity index (χ0n) is 10.8. The molecule has 1 aromatic carbocycles. The highest BCUT2D eigenvalue weighted by Gasteiger charge is 2.26. The summed E-state index contributed by atoms with van der Waals surface area (Å²) in [6, 6.07) is 5.32. The van der Waals surface area contributed by atoms with Crippen LogP contribution in [0.2, 0.25) is 0 Å². The minimum atomic E-state index is -0.331. The Hall–Kier alpha value is -2.76. The van der Waals surface area contributed by atoms with Crippen molar-refractivity contribution in [2.75, 3.05) is 10.6 Å². The molecule has 2 aromatic rings.